The van der Waals surface area contributed by atoms with Crippen LogP contribution in [0.25, 0.3) is 10.2 Å². The van der Waals surface area contributed by atoms with Gasteiger partial charge in [0.2, 0.25) is 5.13 Å². The number of para-hydroxylation sites is 1. The molecule has 1 aliphatic carbocycles. The highest BCUT2D eigenvalue weighted by molar-refractivity contribution is 7.21. The largest absolute Gasteiger partial charge is 0.510 e. The van der Waals surface area contributed by atoms with Crippen molar-refractivity contribution in [3.63, 3.8) is 0 Å². The summed E-state index contributed by atoms with van der Waals surface area (Å²) in [6.07, 6.45) is 0.660. The minimum Gasteiger partial charge on any atom is -0.510 e. The van der Waals surface area contributed by atoms with Crippen molar-refractivity contribution in [2.75, 3.05) is 0 Å². The maximum absolute atomic E-state index is 11.4. The second-order valence-corrected chi connectivity index (χ2v) is 4.89. The van der Waals surface area contributed by atoms with E-state index in [1.165, 1.54) is 11.3 Å². The Kier molecular flexibility index (Phi) is 2.64. The Balaban J connectivity index is 1.92. The number of rotatable bonds is 2. The molecule has 0 saturated heterocycles. The summed E-state index contributed by atoms with van der Waals surface area (Å²) in [6, 6.07) is 7.67. The van der Waals surface area contributed by atoms with Crippen LogP contribution < -0.4 is 0 Å². The molecule has 0 spiro atoms. The normalized spacial score (nSPS) is 16.3. The number of hydrogen-bond donors (Lipinski definition) is 1. The minimum atomic E-state index is -0.169. The number of aliphatic hydroxyl groups excluding tert-OH is 1. The van der Waals surface area contributed by atoms with E-state index in [4.69, 9.17) is 0 Å². The zero-order valence-corrected chi connectivity index (χ0v) is 10.1. The summed E-state index contributed by atoms with van der Waals surface area (Å²) in [6.45, 7) is 0. The van der Waals surface area contributed by atoms with Crippen molar-refractivity contribution in [3.8, 4) is 0 Å². The summed E-state index contributed by atoms with van der Waals surface area (Å²) in [5.74, 6) is -0.151. The van der Waals surface area contributed by atoms with E-state index in [1.54, 1.807) is 0 Å². The van der Waals surface area contributed by atoms with E-state index in [9.17, 15) is 9.90 Å². The quantitative estimate of drug-likeness (QED) is 0.838. The monoisotopic (exact) mass is 259 g/mol. The third-order valence-corrected chi connectivity index (χ3v) is 3.57. The smallest absolute Gasteiger partial charge is 0.231 e. The summed E-state index contributed by atoms with van der Waals surface area (Å²) in [4.78, 5) is 15.7. The molecular weight excluding hydrogens is 250 g/mol. The second-order valence-electron chi connectivity index (χ2n) is 3.88. The molecule has 0 radical (unpaired) electrons. The lowest BCUT2D eigenvalue weighted by Gasteiger charge is -1.89. The number of fused-ring (bicyclic) bond motifs is 1. The van der Waals surface area contributed by atoms with Crippen molar-refractivity contribution in [2.45, 2.75) is 12.8 Å². The maximum atomic E-state index is 11.4. The number of hydrogen-bond acceptors (Lipinski definition) is 6. The van der Waals surface area contributed by atoms with Gasteiger partial charge in [-0.05, 0) is 12.1 Å². The molecule has 6 heteroatoms. The Morgan fingerprint density at radius 1 is 1.22 bits per heavy atom. The molecule has 1 aliphatic rings. The number of carbonyl (C=O) groups excluding carboxylic acids is 1. The fraction of sp³-hybridized carbons (Fsp3) is 0.167. The number of azo groups is 1. The van der Waals surface area contributed by atoms with Crippen molar-refractivity contribution in [3.05, 3.63) is 35.7 Å². The van der Waals surface area contributed by atoms with Crippen molar-refractivity contribution in [1.29, 1.82) is 0 Å². The second kappa shape index (κ2) is 4.30. The van der Waals surface area contributed by atoms with E-state index in [0.29, 0.717) is 18.0 Å². The van der Waals surface area contributed by atoms with E-state index in [2.05, 4.69) is 15.2 Å². The zero-order valence-electron chi connectivity index (χ0n) is 9.33. The molecule has 3 rings (SSSR count). The highest BCUT2D eigenvalue weighted by atomic mass is 32.1. The van der Waals surface area contributed by atoms with Crippen molar-refractivity contribution >= 4 is 32.5 Å². The van der Waals surface area contributed by atoms with Gasteiger partial charge in [-0.2, -0.15) is 0 Å². The number of benzene rings is 1. The van der Waals surface area contributed by atoms with Crippen LogP contribution in [-0.2, 0) is 4.79 Å². The predicted octanol–water partition coefficient (Wildman–Crippen LogP) is 3.51. The van der Waals surface area contributed by atoms with Crippen LogP contribution >= 0.6 is 11.3 Å². The third kappa shape index (κ3) is 1.91. The van der Waals surface area contributed by atoms with Gasteiger partial charge in [-0.15, -0.1) is 10.2 Å². The summed E-state index contributed by atoms with van der Waals surface area (Å²) in [7, 11) is 0. The molecule has 0 amide bonds. The molecule has 0 saturated carbocycles. The number of ketones is 1. The topological polar surface area (TPSA) is 74.9 Å². The average molecular weight is 259 g/mol. The van der Waals surface area contributed by atoms with E-state index in [-0.39, 0.29) is 17.2 Å². The highest BCUT2D eigenvalue weighted by Crippen LogP contribution is 2.29. The van der Waals surface area contributed by atoms with Gasteiger partial charge in [-0.25, -0.2) is 4.98 Å². The highest BCUT2D eigenvalue weighted by Gasteiger charge is 2.22. The van der Waals surface area contributed by atoms with Crippen molar-refractivity contribution in [1.82, 2.24) is 4.98 Å². The van der Waals surface area contributed by atoms with E-state index >= 15 is 0 Å². The Hall–Kier alpha value is -2.08. The van der Waals surface area contributed by atoms with Gasteiger partial charge in [0.1, 0.15) is 5.76 Å². The summed E-state index contributed by atoms with van der Waals surface area (Å²) in [5, 5.41) is 17.7. The molecule has 0 atom stereocenters. The van der Waals surface area contributed by atoms with Gasteiger partial charge in [0.25, 0.3) is 0 Å². The molecule has 1 N–H and O–H groups in total. The van der Waals surface area contributed by atoms with Crippen LogP contribution in [0.3, 0.4) is 0 Å². The number of nitrogens with zero attached hydrogens (tertiary/aromatic N) is 3. The van der Waals surface area contributed by atoms with Gasteiger partial charge in [0.05, 0.1) is 10.2 Å². The molecule has 0 bridgehead atoms. The van der Waals surface area contributed by atoms with Gasteiger partial charge in [0, 0.05) is 12.8 Å². The SMILES string of the molecule is O=C1CCC(O)=C1N=Nc1nc2ccccc2s1. The summed E-state index contributed by atoms with van der Waals surface area (Å²) >= 11 is 1.40. The summed E-state index contributed by atoms with van der Waals surface area (Å²) < 4.78 is 1.02. The Morgan fingerprint density at radius 3 is 2.78 bits per heavy atom. The standard InChI is InChI=1S/C12H9N3O2S/c16-8-5-6-9(17)11(8)14-15-12-13-7-3-1-2-4-10(7)18-12/h1-4,16H,5-6H2. The van der Waals surface area contributed by atoms with Crippen molar-refractivity contribution in [2.24, 2.45) is 10.2 Å². The van der Waals surface area contributed by atoms with Crippen LogP contribution in [0.15, 0.2) is 46.0 Å². The number of carbonyl (C=O) groups is 1. The average Bonchev–Trinajstić information content (AvgIpc) is 2.91. The van der Waals surface area contributed by atoms with Gasteiger partial charge >= 0.3 is 0 Å². The van der Waals surface area contributed by atoms with E-state index in [0.717, 1.165) is 10.2 Å². The molecule has 5 nitrogen and oxygen atoms in total. The summed E-state index contributed by atoms with van der Waals surface area (Å²) in [5.41, 5.74) is 0.918. The number of aliphatic hydroxyl groups is 1. The molecule has 0 fully saturated rings. The van der Waals surface area contributed by atoms with Gasteiger partial charge in [-0.1, -0.05) is 23.5 Å². The van der Waals surface area contributed by atoms with Gasteiger partial charge in [-0.3, -0.25) is 4.79 Å². The Bertz CT molecular complexity index is 654. The lowest BCUT2D eigenvalue weighted by Crippen LogP contribution is -1.92. The van der Waals surface area contributed by atoms with Crippen LogP contribution in [0.4, 0.5) is 5.13 Å². The maximum Gasteiger partial charge on any atom is 0.231 e. The lowest BCUT2D eigenvalue weighted by atomic mass is 10.3. The molecular formula is C12H9N3O2S. The molecule has 1 aromatic heterocycles. The molecule has 18 heavy (non-hydrogen) atoms. The van der Waals surface area contributed by atoms with Crippen LogP contribution in [0.5, 0.6) is 0 Å². The van der Waals surface area contributed by atoms with Crippen LogP contribution in [0, 0.1) is 0 Å². The first-order valence-electron chi connectivity index (χ1n) is 5.46. The lowest BCUT2D eigenvalue weighted by molar-refractivity contribution is -0.114. The van der Waals surface area contributed by atoms with Crippen LogP contribution in [0.2, 0.25) is 0 Å². The number of allylic oxidation sites excluding steroid dienone is 2. The van der Waals surface area contributed by atoms with Crippen LogP contribution in [-0.4, -0.2) is 15.9 Å². The number of aromatic nitrogens is 1. The van der Waals surface area contributed by atoms with E-state index in [1.807, 2.05) is 24.3 Å². The first kappa shape index (κ1) is 11.0. The van der Waals surface area contributed by atoms with Gasteiger partial charge < -0.3 is 5.11 Å². The first-order valence-corrected chi connectivity index (χ1v) is 6.28. The molecule has 1 heterocycles. The van der Waals surface area contributed by atoms with Crippen molar-refractivity contribution < 1.29 is 9.90 Å². The number of thiazole rings is 1. The molecule has 2 aromatic rings. The number of Topliss-reactive ketones (excluding diaryl/α,β-unsaturated/α-hetero) is 1. The van der Waals surface area contributed by atoms with Crippen LogP contribution in [0.1, 0.15) is 12.8 Å². The van der Waals surface area contributed by atoms with E-state index < -0.39 is 0 Å². The molecule has 0 aliphatic heterocycles. The molecule has 90 valence electrons. The zero-order chi connectivity index (χ0) is 12.5. The first-order chi connectivity index (χ1) is 8.74. The fourth-order valence-corrected chi connectivity index (χ4v) is 2.53. The fourth-order valence-electron chi connectivity index (χ4n) is 1.74. The Labute approximate surface area is 107 Å². The minimum absolute atomic E-state index is 0.0184. The van der Waals surface area contributed by atoms with Gasteiger partial charge in [0.15, 0.2) is 11.5 Å². The molecule has 0 unspecified atom stereocenters. The third-order valence-electron chi connectivity index (χ3n) is 2.64. The molecule has 1 aromatic carbocycles. The Morgan fingerprint density at radius 2 is 2.06 bits per heavy atom. The predicted molar refractivity (Wildman–Crippen MR) is 68.0 cm³/mol.